The normalized spacial score (nSPS) is 11.7. The molecule has 0 fully saturated rings. The van der Waals surface area contributed by atoms with E-state index in [0.29, 0.717) is 5.31 Å². The van der Waals surface area contributed by atoms with Gasteiger partial charge in [0.25, 0.3) is 0 Å². The molecule has 0 amide bonds. The standard InChI is InChI=1S/C4H11BIN/c1-4(2,5)3-6-7/h7H,3,5H2,1-2H3. The third-order valence-electron chi connectivity index (χ3n) is 0.468. The third-order valence-corrected chi connectivity index (χ3v) is 3.14. The van der Waals surface area contributed by atoms with Gasteiger partial charge in [0.05, 0.1) is 0 Å². The number of halogens is 1. The molecule has 1 N–H and O–H groups in total. The van der Waals surface area contributed by atoms with Gasteiger partial charge in [-0.2, -0.15) is 0 Å². The lowest BCUT2D eigenvalue weighted by molar-refractivity contribution is 0.793. The summed E-state index contributed by atoms with van der Waals surface area (Å²) in [5, 5.41) is 0.412. The quantitative estimate of drug-likeness (QED) is 0.407. The Labute approximate surface area is 56.2 Å². The molecule has 42 valence electrons. The van der Waals surface area contributed by atoms with Crippen molar-refractivity contribution in [1.29, 1.82) is 3.56 Å². The van der Waals surface area contributed by atoms with Crippen molar-refractivity contribution < 1.29 is 0 Å². The molecule has 0 aromatic carbocycles. The number of rotatable bonds is 2. The largest absolute Gasteiger partial charge is 0.278 e. The van der Waals surface area contributed by atoms with Crippen LogP contribution in [0.4, 0.5) is 0 Å². The highest BCUT2D eigenvalue weighted by Crippen LogP contribution is 2.22. The minimum absolute atomic E-state index is 0.232. The van der Waals surface area contributed by atoms with Crippen LogP contribution in [0.1, 0.15) is 13.8 Å². The van der Waals surface area contributed by atoms with Crippen molar-refractivity contribution in [2.24, 2.45) is 0 Å². The molecule has 7 heavy (non-hydrogen) atoms. The highest BCUT2D eigenvalue weighted by molar-refractivity contribution is 14.1. The van der Waals surface area contributed by atoms with E-state index in [1.54, 1.807) is 0 Å². The van der Waals surface area contributed by atoms with Gasteiger partial charge in [0, 0.05) is 4.43 Å². The number of hydrogen-bond acceptors (Lipinski definition) is 1. The van der Waals surface area contributed by atoms with Gasteiger partial charge in [0.2, 0.25) is 0 Å². The van der Waals surface area contributed by atoms with Crippen molar-refractivity contribution in [3.63, 3.8) is 0 Å². The zero-order valence-corrected chi connectivity index (χ0v) is 7.24. The van der Waals surface area contributed by atoms with E-state index in [2.05, 4.69) is 21.7 Å². The Bertz CT molecular complexity index is 66.6. The Hall–Kier alpha value is 0.595. The van der Waals surface area contributed by atoms with Gasteiger partial charge in [0.1, 0.15) is 7.85 Å². The van der Waals surface area contributed by atoms with Gasteiger partial charge in [-0.15, -0.1) is 0 Å². The minimum atomic E-state index is -0.232. The second-order valence-corrected chi connectivity index (χ2v) is 4.35. The molecule has 0 heterocycles. The molecule has 0 atom stereocenters. The van der Waals surface area contributed by atoms with Crippen molar-refractivity contribution in [3.05, 3.63) is 0 Å². The van der Waals surface area contributed by atoms with Crippen molar-refractivity contribution in [2.75, 3.05) is 4.43 Å². The Kier molecular flexibility index (Phi) is 3.03. The Morgan fingerprint density at radius 2 is 2.14 bits per heavy atom. The maximum atomic E-state index is 6.97. The zero-order chi connectivity index (χ0) is 5.91. The van der Waals surface area contributed by atoms with Crippen LogP contribution < -0.4 is 0 Å². The Balaban J connectivity index is 3.34. The maximum absolute atomic E-state index is 6.97. The van der Waals surface area contributed by atoms with Gasteiger partial charge >= 0.3 is 0 Å². The fourth-order valence-electron chi connectivity index (χ4n) is 0.200. The Morgan fingerprint density at radius 1 is 1.71 bits per heavy atom. The average Bonchev–Trinajstić information content (AvgIpc) is 1.30. The smallest absolute Gasteiger partial charge is 0.109 e. The number of nitrogens with one attached hydrogen (secondary N) is 1. The van der Waals surface area contributed by atoms with Crippen LogP contribution >= 0.6 is 21.0 Å². The highest BCUT2D eigenvalue weighted by Gasteiger charge is 2.06. The second kappa shape index (κ2) is 2.79. The van der Waals surface area contributed by atoms with Gasteiger partial charge in [-0.05, 0) is 21.0 Å². The molecule has 1 nitrogen and oxygen atoms in total. The second-order valence-electron chi connectivity index (χ2n) is 2.83. The first kappa shape index (κ1) is 7.59. The van der Waals surface area contributed by atoms with Crippen molar-refractivity contribution in [2.45, 2.75) is 19.2 Å². The van der Waals surface area contributed by atoms with Crippen LogP contribution in [0.3, 0.4) is 0 Å². The van der Waals surface area contributed by atoms with Crippen molar-refractivity contribution >= 4 is 28.9 Å². The van der Waals surface area contributed by atoms with E-state index in [0.717, 1.165) is 4.43 Å². The van der Waals surface area contributed by atoms with Crippen LogP contribution in [0.2, 0.25) is 5.31 Å². The zero-order valence-electron chi connectivity index (χ0n) is 5.09. The van der Waals surface area contributed by atoms with Crippen LogP contribution in [0.15, 0.2) is 0 Å². The predicted octanol–water partition coefficient (Wildman–Crippen LogP) is 1.55. The monoisotopic (exact) mass is 211 g/mol. The molecule has 0 aliphatic rings. The molecule has 0 radical (unpaired) electrons. The number of hydrogen-bond donors (Lipinski definition) is 1. The molecular formula is C4H11BIN. The molecule has 0 aromatic rings. The maximum Gasteiger partial charge on any atom is 0.109 e. The highest BCUT2D eigenvalue weighted by atomic mass is 127. The van der Waals surface area contributed by atoms with Gasteiger partial charge < -0.3 is 0 Å². The first-order valence-electron chi connectivity index (χ1n) is 2.31. The molecule has 0 bridgehead atoms. The molecule has 0 spiro atoms. The van der Waals surface area contributed by atoms with E-state index in [-0.39, 0.29) is 21.0 Å². The van der Waals surface area contributed by atoms with E-state index < -0.39 is 0 Å². The molecule has 3 heteroatoms. The van der Waals surface area contributed by atoms with Crippen LogP contribution in [0.5, 0.6) is 0 Å². The van der Waals surface area contributed by atoms with Gasteiger partial charge in [-0.25, -0.2) is 0 Å². The third kappa shape index (κ3) is 6.59. The molecular weight excluding hydrogens is 200 g/mol. The summed E-state index contributed by atoms with van der Waals surface area (Å²) in [5.74, 6) is 0. The van der Waals surface area contributed by atoms with Crippen LogP contribution in [-0.2, 0) is 0 Å². The predicted molar refractivity (Wildman–Crippen MR) is 44.2 cm³/mol. The summed E-state index contributed by atoms with van der Waals surface area (Å²) in [4.78, 5) is 0. The minimum Gasteiger partial charge on any atom is -0.278 e. The van der Waals surface area contributed by atoms with E-state index in [1.165, 1.54) is 0 Å². The lowest BCUT2D eigenvalue weighted by Gasteiger charge is -2.11. The first-order chi connectivity index (χ1) is 3.06. The number of alkyl halides is 1. The lowest BCUT2D eigenvalue weighted by Crippen LogP contribution is -2.02. The molecule has 0 rings (SSSR count). The van der Waals surface area contributed by atoms with E-state index in [1.807, 2.05) is 0 Å². The molecule has 0 aliphatic carbocycles. The van der Waals surface area contributed by atoms with Crippen molar-refractivity contribution in [3.8, 4) is 0 Å². The van der Waals surface area contributed by atoms with E-state index >= 15 is 0 Å². The van der Waals surface area contributed by atoms with E-state index in [4.69, 9.17) is 3.56 Å². The fraction of sp³-hybridized carbons (Fsp3) is 1.00. The SMILES string of the molecule is BC(C)(C)CI=N. The summed E-state index contributed by atoms with van der Waals surface area (Å²) >= 11 is -0.232. The average molecular weight is 211 g/mol. The molecule has 0 aliphatic heterocycles. The summed E-state index contributed by atoms with van der Waals surface area (Å²) in [6, 6.07) is 0. The summed E-state index contributed by atoms with van der Waals surface area (Å²) in [6.45, 7) is 4.36. The van der Waals surface area contributed by atoms with Gasteiger partial charge in [-0.3, -0.25) is 3.56 Å². The summed E-state index contributed by atoms with van der Waals surface area (Å²) in [6.07, 6.45) is 0. The summed E-state index contributed by atoms with van der Waals surface area (Å²) in [7, 11) is 2.18. The molecule has 0 unspecified atom stereocenters. The van der Waals surface area contributed by atoms with Gasteiger partial charge in [-0.1, -0.05) is 19.2 Å². The molecule has 0 saturated carbocycles. The summed E-state index contributed by atoms with van der Waals surface area (Å²) < 4.78 is 8.09. The van der Waals surface area contributed by atoms with Crippen LogP contribution in [-0.4, -0.2) is 12.3 Å². The van der Waals surface area contributed by atoms with Gasteiger partial charge in [0.15, 0.2) is 0 Å². The fourth-order valence-corrected chi connectivity index (χ4v) is 1.34. The topological polar surface area (TPSA) is 23.9 Å². The first-order valence-corrected chi connectivity index (χ1v) is 4.91. The van der Waals surface area contributed by atoms with Crippen LogP contribution in [0.25, 0.3) is 0 Å². The Morgan fingerprint density at radius 3 is 2.14 bits per heavy atom. The van der Waals surface area contributed by atoms with Crippen molar-refractivity contribution in [1.82, 2.24) is 0 Å². The lowest BCUT2D eigenvalue weighted by atomic mass is 9.75. The van der Waals surface area contributed by atoms with E-state index in [9.17, 15) is 0 Å². The summed E-state index contributed by atoms with van der Waals surface area (Å²) in [5.41, 5.74) is 0. The van der Waals surface area contributed by atoms with Crippen LogP contribution in [0, 0.1) is 3.56 Å². The molecule has 0 aromatic heterocycles. The molecule has 0 saturated heterocycles.